The number of hydrogen-bond acceptors (Lipinski definition) is 6. The Hall–Kier alpha value is -13.2. The fourth-order valence-electron chi connectivity index (χ4n) is 16.1. The van der Waals surface area contributed by atoms with Crippen molar-refractivity contribution in [2.45, 2.75) is 13.3 Å². The molecule has 510 valence electrons. The van der Waals surface area contributed by atoms with Crippen LogP contribution in [0.15, 0.2) is 360 Å². The smallest absolute Gasteiger partial charge is 0.164 e. The molecule has 0 spiro atoms. The number of hydrogen-bond donors (Lipinski definition) is 0. The normalized spacial score (nSPS) is 12.0. The van der Waals surface area contributed by atoms with Crippen LogP contribution >= 0.6 is 0 Å². The third-order valence-corrected chi connectivity index (χ3v) is 21.4. The molecular weight excluding hydrogens is 1550 g/mol. The number of amidine groups is 1. The molecule has 3 aromatic heterocycles. The molecule has 0 saturated carbocycles. The third-order valence-electron chi connectivity index (χ3n) is 21.4. The summed E-state index contributed by atoms with van der Waals surface area (Å²) in [5, 5.41) is 18.1. The second kappa shape index (κ2) is 27.6. The average molecular weight is 1620 g/mol. The summed E-state index contributed by atoms with van der Waals surface area (Å²) < 4.78 is 13.4. The first-order chi connectivity index (χ1) is 53.3. The molecule has 20 aromatic rings. The van der Waals surface area contributed by atoms with Crippen LogP contribution in [-0.2, 0) is 0 Å². The van der Waals surface area contributed by atoms with Gasteiger partial charge in [0.2, 0.25) is 0 Å². The van der Waals surface area contributed by atoms with Crippen molar-refractivity contribution in [2.75, 3.05) is 0 Å². The molecule has 7 nitrogen and oxygen atoms in total. The maximum atomic E-state index is 6.81. The molecule has 0 amide bonds. The van der Waals surface area contributed by atoms with Gasteiger partial charge < -0.3 is 8.83 Å². The Morgan fingerprint density at radius 3 is 1.39 bits per heavy atom. The largest absolute Gasteiger partial charge is 0.483 e. The minimum atomic E-state index is 0. The van der Waals surface area contributed by atoms with Crippen molar-refractivity contribution in [1.82, 2.24) is 15.0 Å². The molecule has 109 heavy (non-hydrogen) atoms. The van der Waals surface area contributed by atoms with Crippen LogP contribution in [0.2, 0.25) is 0 Å². The molecule has 0 atom stereocenters. The number of fused-ring (bicyclic) bond motifs is 18. The van der Waals surface area contributed by atoms with Crippen LogP contribution in [0.5, 0.6) is 0 Å². The summed E-state index contributed by atoms with van der Waals surface area (Å²) in [5.41, 5.74) is 19.3. The van der Waals surface area contributed by atoms with Gasteiger partial charge in [0.25, 0.3) is 0 Å². The maximum Gasteiger partial charge on any atom is 0.164 e. The fraction of sp³-hybridized carbons (Fsp3) is 0.0198. The monoisotopic (exact) mass is 1620 g/mol. The predicted molar refractivity (Wildman–Crippen MR) is 452 cm³/mol. The zero-order chi connectivity index (χ0) is 71.9. The molecule has 17 aromatic carbocycles. The van der Waals surface area contributed by atoms with Gasteiger partial charge in [0.05, 0.1) is 5.70 Å². The zero-order valence-corrected chi connectivity index (χ0v) is 63.6. The van der Waals surface area contributed by atoms with Gasteiger partial charge in [-0.05, 0) is 163 Å². The number of rotatable bonds is 13. The van der Waals surface area contributed by atoms with Gasteiger partial charge in [0.15, 0.2) is 23.3 Å². The van der Waals surface area contributed by atoms with Crippen molar-refractivity contribution in [3.05, 3.63) is 369 Å². The van der Waals surface area contributed by atoms with Crippen molar-refractivity contribution in [1.29, 1.82) is 0 Å². The molecule has 0 aliphatic carbocycles. The molecule has 0 N–H and O–H groups in total. The van der Waals surface area contributed by atoms with Crippen LogP contribution in [0.1, 0.15) is 35.6 Å². The quantitative estimate of drug-likeness (QED) is 0.0497. The summed E-state index contributed by atoms with van der Waals surface area (Å²) in [4.78, 5) is 26.5. The van der Waals surface area contributed by atoms with E-state index in [0.29, 0.717) is 41.0 Å². The molecule has 0 bridgehead atoms. The summed E-state index contributed by atoms with van der Waals surface area (Å²) >= 11 is 0. The molecule has 3 heterocycles. The maximum absolute atomic E-state index is 6.81. The average Bonchev–Trinajstić information content (AvgIpc) is 1.59. The first-order valence-corrected chi connectivity index (χ1v) is 36.5. The zero-order valence-electron chi connectivity index (χ0n) is 59.4. The standard InChI is InChI=1S/C101H64N5O2.U/c1-4-62-54-74(72-48-52-82-78-34-16-15-32-76(78)77-33-19-20-37-81(77)86(82)58-72)60-90-96-85(39-23-41-94(96)108-97(62)90)101-105-99(66-28-13-8-14-29-66)104-100(106-101)67-44-42-64(43-45-67)69-46-50-83-79-35-17-18-36-80(79)84-51-47-70(57-88(84)87(83)56-69)71-49-53-92-89(59-71)95-75(38-22-40-93(95)107-92)61(3)102-98(65-26-11-7-12-27-65)103-91(5-2)73-31-21-30-68(55-73)63-24-9-6-10-25-63;/h4,6-52,54-60H,1,3,5H2,2H3;/q-1;. The van der Waals surface area contributed by atoms with E-state index in [1.54, 1.807) is 0 Å². The second-order valence-electron chi connectivity index (χ2n) is 27.6. The molecule has 0 unspecified atom stereocenters. The Labute approximate surface area is 652 Å². The molecule has 8 heteroatoms. The van der Waals surface area contributed by atoms with E-state index in [2.05, 4.69) is 269 Å². The Kier molecular flexibility index (Phi) is 16.8. The third kappa shape index (κ3) is 11.7. The van der Waals surface area contributed by atoms with Crippen LogP contribution in [0.3, 0.4) is 0 Å². The van der Waals surface area contributed by atoms with Gasteiger partial charge in [-0.25, -0.2) is 24.9 Å². The van der Waals surface area contributed by atoms with Crippen LogP contribution in [0.25, 0.3) is 199 Å². The summed E-state index contributed by atoms with van der Waals surface area (Å²) in [6.45, 7) is 11.1. The second-order valence-corrected chi connectivity index (χ2v) is 27.6. The van der Waals surface area contributed by atoms with Crippen LogP contribution in [0, 0.1) is 37.2 Å². The van der Waals surface area contributed by atoms with Gasteiger partial charge in [0.1, 0.15) is 16.7 Å². The van der Waals surface area contributed by atoms with Gasteiger partial charge in [0, 0.05) is 81.0 Å². The van der Waals surface area contributed by atoms with Gasteiger partial charge in [-0.2, -0.15) is 12.1 Å². The molecule has 0 saturated heterocycles. The summed E-state index contributed by atoms with van der Waals surface area (Å²) in [6.07, 6.45) is 2.59. The van der Waals surface area contributed by atoms with Gasteiger partial charge >= 0.3 is 0 Å². The number of aliphatic imine (C=N–C) groups is 2. The van der Waals surface area contributed by atoms with Gasteiger partial charge in [-0.15, -0.1) is 11.6 Å². The topological polar surface area (TPSA) is 89.7 Å². The Bertz CT molecular complexity index is 7140. The number of nitrogens with zero attached hydrogens (tertiary/aromatic N) is 5. The SMILES string of the molecule is C=Cc1cc(-c2ccc3c4ccccc4c4ccccc4c3c2)cc2c1oc1cccc(-c3nc(-c4ccccc4)nc(-c4ccc(-c5ccc6c7ccccc7c7ccc(-c8c[c-]c9oc%10cccc(C(=C)N=C(N=C(CC)c%11cccc(-c%12ccccc%12)c%11)c%11ccccc%11)c%10c9c8)cc7c6c5)cc4)n3)c12.[U]. The van der Waals surface area contributed by atoms with E-state index >= 15 is 0 Å². The van der Waals surface area contributed by atoms with Gasteiger partial charge in [-0.3, -0.25) is 0 Å². The molecule has 0 fully saturated rings. The number of aromatic nitrogens is 3. The van der Waals surface area contributed by atoms with E-state index in [1.807, 2.05) is 91.0 Å². The summed E-state index contributed by atoms with van der Waals surface area (Å²) in [6, 6.07) is 119. The van der Waals surface area contributed by atoms with E-state index in [9.17, 15) is 0 Å². The number of benzene rings is 17. The van der Waals surface area contributed by atoms with Crippen LogP contribution in [-0.4, -0.2) is 26.5 Å². The van der Waals surface area contributed by atoms with E-state index in [1.165, 1.54) is 53.9 Å². The minimum Gasteiger partial charge on any atom is -0.483 e. The Balaban J connectivity index is 0.00000806. The Morgan fingerprint density at radius 1 is 0.358 bits per heavy atom. The van der Waals surface area contributed by atoms with E-state index in [0.717, 1.165) is 138 Å². The fourth-order valence-corrected chi connectivity index (χ4v) is 16.1. The van der Waals surface area contributed by atoms with E-state index in [-0.39, 0.29) is 31.1 Å². The van der Waals surface area contributed by atoms with Crippen LogP contribution < -0.4 is 0 Å². The molecular formula is C101H64N5O2U-. The Morgan fingerprint density at radius 2 is 0.789 bits per heavy atom. The first-order valence-electron chi connectivity index (χ1n) is 36.5. The van der Waals surface area contributed by atoms with Gasteiger partial charge in [-0.1, -0.05) is 310 Å². The van der Waals surface area contributed by atoms with Crippen molar-refractivity contribution < 1.29 is 39.9 Å². The first kappa shape index (κ1) is 66.5. The molecule has 20 rings (SSSR count). The van der Waals surface area contributed by atoms with Crippen molar-refractivity contribution in [3.63, 3.8) is 0 Å². The van der Waals surface area contributed by atoms with Crippen molar-refractivity contribution >= 4 is 132 Å². The van der Waals surface area contributed by atoms with Crippen molar-refractivity contribution in [2.24, 2.45) is 9.98 Å². The molecule has 0 aliphatic rings. The summed E-state index contributed by atoms with van der Waals surface area (Å²) in [5.74, 6) is 2.25. The number of furan rings is 2. The van der Waals surface area contributed by atoms with Crippen molar-refractivity contribution in [3.8, 4) is 78.7 Å². The predicted octanol–water partition coefficient (Wildman–Crippen LogP) is 27.0. The van der Waals surface area contributed by atoms with E-state index < -0.39 is 0 Å². The summed E-state index contributed by atoms with van der Waals surface area (Å²) in [7, 11) is 0. The molecule has 0 radical (unpaired) electrons. The van der Waals surface area contributed by atoms with Crippen LogP contribution in [0.4, 0.5) is 0 Å². The van der Waals surface area contributed by atoms with E-state index in [4.69, 9.17) is 33.8 Å². The minimum absolute atomic E-state index is 0. The molecule has 0 aliphatic heterocycles.